The molecule has 13 heavy (non-hydrogen) atoms. The Morgan fingerprint density at radius 3 is 2.08 bits per heavy atom. The van der Waals surface area contributed by atoms with Crippen LogP contribution in [-0.2, 0) is 0 Å². The molecule has 0 saturated heterocycles. The van der Waals surface area contributed by atoms with Gasteiger partial charge in [-0.25, -0.2) is 8.78 Å². The fourth-order valence-electron chi connectivity index (χ4n) is 1.04. The van der Waals surface area contributed by atoms with Crippen LogP contribution in [0.4, 0.5) is 8.78 Å². The van der Waals surface area contributed by atoms with E-state index >= 15 is 0 Å². The summed E-state index contributed by atoms with van der Waals surface area (Å²) in [6, 6.07) is 1.59. The Kier molecular flexibility index (Phi) is 5.19. The molecule has 1 aromatic rings. The molecule has 74 valence electrons. The highest BCUT2D eigenvalue weighted by atomic mass is 19.3. The first kappa shape index (κ1) is 12.0. The summed E-state index contributed by atoms with van der Waals surface area (Å²) >= 11 is 0. The normalized spacial score (nSPS) is 9.46. The van der Waals surface area contributed by atoms with E-state index in [-0.39, 0.29) is 5.56 Å². The van der Waals surface area contributed by atoms with Crippen LogP contribution in [-0.4, -0.2) is 4.98 Å². The van der Waals surface area contributed by atoms with Crippen LogP contribution in [0.25, 0.3) is 0 Å². The van der Waals surface area contributed by atoms with Gasteiger partial charge in [0.25, 0.3) is 6.43 Å². The average Bonchev–Trinajstić information content (AvgIpc) is 2.07. The zero-order chi connectivity index (χ0) is 10.4. The fourth-order valence-corrected chi connectivity index (χ4v) is 1.04. The summed E-state index contributed by atoms with van der Waals surface area (Å²) in [7, 11) is 0. The summed E-state index contributed by atoms with van der Waals surface area (Å²) in [5.41, 5.74) is 1.08. The molecule has 0 saturated carbocycles. The molecule has 0 N–H and O–H groups in total. The predicted molar refractivity (Wildman–Crippen MR) is 50.0 cm³/mol. The summed E-state index contributed by atoms with van der Waals surface area (Å²) in [6.45, 7) is 7.25. The fraction of sp³-hybridized carbons (Fsp3) is 0.500. The molecule has 0 aliphatic heterocycles. The van der Waals surface area contributed by atoms with Gasteiger partial charge in [-0.05, 0) is 25.5 Å². The van der Waals surface area contributed by atoms with Crippen molar-refractivity contribution in [2.24, 2.45) is 0 Å². The van der Waals surface area contributed by atoms with Crippen LogP contribution >= 0.6 is 0 Å². The van der Waals surface area contributed by atoms with Gasteiger partial charge in [-0.2, -0.15) is 0 Å². The first-order valence-electron chi connectivity index (χ1n) is 4.33. The highest BCUT2D eigenvalue weighted by molar-refractivity contribution is 5.28. The third-order valence-corrected chi connectivity index (χ3v) is 1.63. The molecule has 0 unspecified atom stereocenters. The van der Waals surface area contributed by atoms with E-state index in [9.17, 15) is 8.78 Å². The van der Waals surface area contributed by atoms with E-state index in [1.165, 1.54) is 6.20 Å². The van der Waals surface area contributed by atoms with Gasteiger partial charge in [-0.3, -0.25) is 4.98 Å². The minimum atomic E-state index is -2.41. The molecule has 0 fully saturated rings. The summed E-state index contributed by atoms with van der Waals surface area (Å²) in [6.07, 6.45) is -0.875. The van der Waals surface area contributed by atoms with Gasteiger partial charge in [0.2, 0.25) is 0 Å². The highest BCUT2D eigenvalue weighted by Gasteiger charge is 2.13. The Labute approximate surface area is 77.8 Å². The molecule has 1 aromatic heterocycles. The molecular formula is C10H15F2N. The quantitative estimate of drug-likeness (QED) is 0.653. The molecule has 0 spiro atoms. The van der Waals surface area contributed by atoms with Crippen LogP contribution in [0.2, 0.25) is 0 Å². The SMILES string of the molecule is CC.Cc1ccnc(C)c1C(F)F. The lowest BCUT2D eigenvalue weighted by Crippen LogP contribution is -1.95. The molecule has 0 aliphatic carbocycles. The predicted octanol–water partition coefficient (Wildman–Crippen LogP) is 3.66. The monoisotopic (exact) mass is 187 g/mol. The number of aromatic nitrogens is 1. The largest absolute Gasteiger partial charge is 0.265 e. The molecule has 0 aliphatic rings. The molecule has 3 heteroatoms. The second-order valence-corrected chi connectivity index (χ2v) is 2.43. The highest BCUT2D eigenvalue weighted by Crippen LogP contribution is 2.23. The number of hydrogen-bond donors (Lipinski definition) is 0. The summed E-state index contributed by atoms with van der Waals surface area (Å²) in [4.78, 5) is 3.78. The molecule has 0 radical (unpaired) electrons. The van der Waals surface area contributed by atoms with Gasteiger partial charge in [-0.1, -0.05) is 13.8 Å². The van der Waals surface area contributed by atoms with Gasteiger partial charge in [0.1, 0.15) is 0 Å². The lowest BCUT2D eigenvalue weighted by Gasteiger charge is -2.05. The average molecular weight is 187 g/mol. The Balaban J connectivity index is 0.000000671. The second-order valence-electron chi connectivity index (χ2n) is 2.43. The number of alkyl halides is 2. The van der Waals surface area contributed by atoms with Crippen molar-refractivity contribution in [1.29, 1.82) is 0 Å². The zero-order valence-electron chi connectivity index (χ0n) is 8.44. The molecule has 0 bridgehead atoms. The Morgan fingerprint density at radius 2 is 1.77 bits per heavy atom. The third kappa shape index (κ3) is 3.09. The van der Waals surface area contributed by atoms with Crippen LogP contribution in [0.1, 0.15) is 37.1 Å². The minimum Gasteiger partial charge on any atom is -0.261 e. The maximum Gasteiger partial charge on any atom is 0.265 e. The lowest BCUT2D eigenvalue weighted by atomic mass is 10.1. The van der Waals surface area contributed by atoms with Crippen molar-refractivity contribution in [3.8, 4) is 0 Å². The summed E-state index contributed by atoms with van der Waals surface area (Å²) in [5.74, 6) is 0. The molecule has 0 aromatic carbocycles. The van der Waals surface area contributed by atoms with Gasteiger partial charge in [0.15, 0.2) is 0 Å². The van der Waals surface area contributed by atoms with Crippen LogP contribution in [0.5, 0.6) is 0 Å². The van der Waals surface area contributed by atoms with Gasteiger partial charge >= 0.3 is 0 Å². The van der Waals surface area contributed by atoms with Crippen molar-refractivity contribution in [2.75, 3.05) is 0 Å². The molecule has 0 atom stereocenters. The number of nitrogens with zero attached hydrogens (tertiary/aromatic N) is 1. The Hall–Kier alpha value is -0.990. The summed E-state index contributed by atoms with van der Waals surface area (Å²) < 4.78 is 24.5. The molecule has 1 heterocycles. The van der Waals surface area contributed by atoms with Crippen molar-refractivity contribution in [2.45, 2.75) is 34.1 Å². The number of hydrogen-bond acceptors (Lipinski definition) is 1. The van der Waals surface area contributed by atoms with Crippen molar-refractivity contribution in [1.82, 2.24) is 4.98 Å². The minimum absolute atomic E-state index is 0.0625. The number of aryl methyl sites for hydroxylation is 2. The second kappa shape index (κ2) is 5.62. The van der Waals surface area contributed by atoms with Gasteiger partial charge in [0, 0.05) is 17.5 Å². The zero-order valence-corrected chi connectivity index (χ0v) is 8.44. The lowest BCUT2D eigenvalue weighted by molar-refractivity contribution is 0.149. The van der Waals surface area contributed by atoms with E-state index < -0.39 is 6.43 Å². The van der Waals surface area contributed by atoms with E-state index in [1.807, 2.05) is 13.8 Å². The van der Waals surface area contributed by atoms with E-state index in [1.54, 1.807) is 19.9 Å². The van der Waals surface area contributed by atoms with E-state index in [0.717, 1.165) is 0 Å². The number of rotatable bonds is 1. The first-order chi connectivity index (χ1) is 6.13. The Bertz CT molecular complexity index is 239. The summed E-state index contributed by atoms with van der Waals surface area (Å²) in [5, 5.41) is 0. The topological polar surface area (TPSA) is 12.9 Å². The molecule has 0 amide bonds. The van der Waals surface area contributed by atoms with E-state index in [2.05, 4.69) is 4.98 Å². The van der Waals surface area contributed by atoms with Crippen molar-refractivity contribution >= 4 is 0 Å². The maximum absolute atomic E-state index is 12.2. The Morgan fingerprint density at radius 1 is 1.23 bits per heavy atom. The van der Waals surface area contributed by atoms with Gasteiger partial charge in [0.05, 0.1) is 0 Å². The molecule has 1 nitrogen and oxygen atoms in total. The van der Waals surface area contributed by atoms with Crippen molar-refractivity contribution < 1.29 is 8.78 Å². The van der Waals surface area contributed by atoms with Crippen LogP contribution in [0, 0.1) is 13.8 Å². The van der Waals surface area contributed by atoms with E-state index in [4.69, 9.17) is 0 Å². The maximum atomic E-state index is 12.2. The third-order valence-electron chi connectivity index (χ3n) is 1.63. The van der Waals surface area contributed by atoms with Gasteiger partial charge < -0.3 is 0 Å². The number of halogens is 2. The van der Waals surface area contributed by atoms with E-state index in [0.29, 0.717) is 11.3 Å². The molecular weight excluding hydrogens is 172 g/mol. The number of pyridine rings is 1. The van der Waals surface area contributed by atoms with Crippen molar-refractivity contribution in [3.05, 3.63) is 29.1 Å². The van der Waals surface area contributed by atoms with Crippen LogP contribution < -0.4 is 0 Å². The molecule has 1 rings (SSSR count). The standard InChI is InChI=1S/C8H9F2N.C2H6/c1-5-3-4-11-6(2)7(5)8(9)10;1-2/h3-4,8H,1-2H3;1-2H3. The smallest absolute Gasteiger partial charge is 0.261 e. The van der Waals surface area contributed by atoms with Gasteiger partial charge in [-0.15, -0.1) is 0 Å². The first-order valence-corrected chi connectivity index (χ1v) is 4.33. The van der Waals surface area contributed by atoms with Crippen LogP contribution in [0.15, 0.2) is 12.3 Å². The van der Waals surface area contributed by atoms with Crippen LogP contribution in [0.3, 0.4) is 0 Å². The van der Waals surface area contributed by atoms with Crippen molar-refractivity contribution in [3.63, 3.8) is 0 Å².